The van der Waals surface area contributed by atoms with Gasteiger partial charge >= 0.3 is 0 Å². The topological polar surface area (TPSA) is 96.7 Å². The van der Waals surface area contributed by atoms with Gasteiger partial charge in [-0.15, -0.1) is 0 Å². The van der Waals surface area contributed by atoms with Crippen molar-refractivity contribution in [3.63, 3.8) is 0 Å². The minimum absolute atomic E-state index is 0.178. The van der Waals surface area contributed by atoms with Crippen LogP contribution in [0.4, 0.5) is 5.69 Å². The van der Waals surface area contributed by atoms with Crippen molar-refractivity contribution in [1.29, 1.82) is 5.26 Å². The Morgan fingerprint density at radius 2 is 1.85 bits per heavy atom. The number of imide groups is 1. The van der Waals surface area contributed by atoms with Gasteiger partial charge in [0.15, 0.2) is 5.78 Å². The number of aryl methyl sites for hydroxylation is 1. The number of fused-ring (bicyclic) bond motifs is 7. The largest absolute Gasteiger partial charge is 0.493 e. The third kappa shape index (κ3) is 3.41. The predicted molar refractivity (Wildman–Crippen MR) is 143 cm³/mol. The van der Waals surface area contributed by atoms with Crippen LogP contribution >= 0.6 is 0 Å². The molecule has 7 rings (SSSR count). The van der Waals surface area contributed by atoms with E-state index in [0.717, 1.165) is 34.7 Å². The van der Waals surface area contributed by atoms with Crippen LogP contribution in [0.2, 0.25) is 0 Å². The number of amides is 2. The number of carbonyl (C=O) groups is 3. The number of benzene rings is 3. The van der Waals surface area contributed by atoms with Crippen LogP contribution in [-0.2, 0) is 20.7 Å². The highest BCUT2D eigenvalue weighted by Gasteiger charge is 2.74. The first-order valence-corrected chi connectivity index (χ1v) is 13.6. The number of nitrogens with zero attached hydrogens (tertiary/aromatic N) is 2. The molecule has 39 heavy (non-hydrogen) atoms. The molecule has 3 aromatic carbocycles. The Morgan fingerprint density at radius 3 is 2.69 bits per heavy atom. The van der Waals surface area contributed by atoms with Gasteiger partial charge < -0.3 is 9.47 Å². The van der Waals surface area contributed by atoms with E-state index in [0.29, 0.717) is 49.3 Å². The Labute approximate surface area is 226 Å². The molecule has 3 fully saturated rings. The molecule has 2 bridgehead atoms. The molecule has 0 aromatic heterocycles. The molecular weight excluding hydrogens is 492 g/mol. The van der Waals surface area contributed by atoms with Gasteiger partial charge in [-0.25, -0.2) is 4.90 Å². The average molecular weight is 521 g/mol. The van der Waals surface area contributed by atoms with E-state index in [9.17, 15) is 19.6 Å². The van der Waals surface area contributed by atoms with E-state index < -0.39 is 23.0 Å². The van der Waals surface area contributed by atoms with Gasteiger partial charge in [0.2, 0.25) is 11.8 Å². The van der Waals surface area contributed by atoms with Crippen LogP contribution in [0.5, 0.6) is 5.75 Å². The number of ether oxygens (including phenoxy) is 2. The summed E-state index contributed by atoms with van der Waals surface area (Å²) < 4.78 is 12.7. The standard InChI is InChI=1S/C32H28N2O5/c1-31-13-14-32(39-31,15-16-38-21-10-11-23-20(17-21)6-4-8-26(23)35)28-27(31)29(36)34(30(28)37)25-12-9-19-5-2-3-7-22(19)24(25)18-33/h2-3,5,7,9-12,17,27-28H,4,6,8,13-16H2,1H3. The Morgan fingerprint density at radius 1 is 1.03 bits per heavy atom. The minimum Gasteiger partial charge on any atom is -0.493 e. The summed E-state index contributed by atoms with van der Waals surface area (Å²) in [6, 6.07) is 18.9. The minimum atomic E-state index is -0.797. The fraction of sp³-hybridized carbons (Fsp3) is 0.375. The van der Waals surface area contributed by atoms with E-state index in [1.165, 1.54) is 4.90 Å². The summed E-state index contributed by atoms with van der Waals surface area (Å²) >= 11 is 0. The second-order valence-electron chi connectivity index (χ2n) is 11.4. The van der Waals surface area contributed by atoms with Gasteiger partial charge in [-0.2, -0.15) is 5.26 Å². The van der Waals surface area contributed by atoms with Gasteiger partial charge in [0.1, 0.15) is 11.8 Å². The van der Waals surface area contributed by atoms with Gasteiger partial charge in [0.25, 0.3) is 0 Å². The number of ketones is 1. The quantitative estimate of drug-likeness (QED) is 0.433. The lowest BCUT2D eigenvalue weighted by Crippen LogP contribution is -2.43. The second-order valence-corrected chi connectivity index (χ2v) is 11.4. The summed E-state index contributed by atoms with van der Waals surface area (Å²) in [5.74, 6) is -0.927. The van der Waals surface area contributed by atoms with Crippen molar-refractivity contribution in [1.82, 2.24) is 0 Å². The number of hydrogen-bond donors (Lipinski definition) is 0. The molecule has 0 radical (unpaired) electrons. The number of carbonyl (C=O) groups excluding carboxylic acids is 3. The molecule has 7 heteroatoms. The lowest BCUT2D eigenvalue weighted by molar-refractivity contribution is -0.131. The highest BCUT2D eigenvalue weighted by Crippen LogP contribution is 2.62. The summed E-state index contributed by atoms with van der Waals surface area (Å²) in [5.41, 5.74) is 0.941. The van der Waals surface area contributed by atoms with Crippen LogP contribution < -0.4 is 9.64 Å². The van der Waals surface area contributed by atoms with Gasteiger partial charge in [0.05, 0.1) is 40.9 Å². The van der Waals surface area contributed by atoms with E-state index in [2.05, 4.69) is 6.07 Å². The van der Waals surface area contributed by atoms with E-state index in [4.69, 9.17) is 9.47 Å². The molecule has 4 atom stereocenters. The Balaban J connectivity index is 1.17. The number of anilines is 1. The summed E-state index contributed by atoms with van der Waals surface area (Å²) in [4.78, 5) is 41.3. The molecule has 1 aliphatic carbocycles. The van der Waals surface area contributed by atoms with Crippen LogP contribution in [0.1, 0.15) is 60.5 Å². The van der Waals surface area contributed by atoms with Crippen LogP contribution in [0.15, 0.2) is 54.6 Å². The van der Waals surface area contributed by atoms with E-state index in [1.54, 1.807) is 6.07 Å². The molecule has 4 unspecified atom stereocenters. The fourth-order valence-corrected chi connectivity index (χ4v) is 7.47. The van der Waals surface area contributed by atoms with Gasteiger partial charge in [-0.1, -0.05) is 30.3 Å². The third-order valence-corrected chi connectivity index (χ3v) is 9.29. The molecule has 3 heterocycles. The van der Waals surface area contributed by atoms with Gasteiger partial charge in [0, 0.05) is 23.8 Å². The van der Waals surface area contributed by atoms with Crippen molar-refractivity contribution < 1.29 is 23.9 Å². The first-order chi connectivity index (χ1) is 18.8. The van der Waals surface area contributed by atoms with Crippen molar-refractivity contribution in [3.05, 3.63) is 71.3 Å². The maximum Gasteiger partial charge on any atom is 0.240 e. The Kier molecular flexibility index (Phi) is 5.24. The molecule has 0 N–H and O–H groups in total. The monoisotopic (exact) mass is 520 g/mol. The molecule has 3 saturated heterocycles. The van der Waals surface area contributed by atoms with Gasteiger partial charge in [-0.05, 0) is 67.8 Å². The van der Waals surface area contributed by atoms with Crippen LogP contribution in [0.25, 0.3) is 10.8 Å². The number of nitriles is 1. The lowest BCUT2D eigenvalue weighted by Gasteiger charge is -2.31. The molecule has 2 amide bonds. The summed E-state index contributed by atoms with van der Waals surface area (Å²) in [6.07, 6.45) is 4.13. The van der Waals surface area contributed by atoms with E-state index in [1.807, 2.05) is 55.5 Å². The molecular formula is C32H28N2O5. The summed E-state index contributed by atoms with van der Waals surface area (Å²) in [7, 11) is 0. The van der Waals surface area contributed by atoms with Gasteiger partial charge in [-0.3, -0.25) is 14.4 Å². The number of Topliss-reactive ketones (excluding diaryl/α,β-unsaturated/α-hetero) is 1. The molecule has 3 aromatic rings. The number of hydrogen-bond acceptors (Lipinski definition) is 6. The average Bonchev–Trinajstić information content (AvgIpc) is 3.52. The van der Waals surface area contributed by atoms with E-state index in [-0.39, 0.29) is 17.6 Å². The Bertz CT molecular complexity index is 1620. The highest BCUT2D eigenvalue weighted by molar-refractivity contribution is 6.24. The van der Waals surface area contributed by atoms with Crippen molar-refractivity contribution in [2.45, 2.75) is 56.7 Å². The van der Waals surface area contributed by atoms with Crippen molar-refractivity contribution in [2.75, 3.05) is 11.5 Å². The number of rotatable bonds is 5. The SMILES string of the molecule is CC12CCC(CCOc3ccc4c(c3)CCCC4=O)(O1)C1C(=O)N(c3ccc4ccccc4c3C#N)C(=O)C12. The summed E-state index contributed by atoms with van der Waals surface area (Å²) in [6.45, 7) is 2.26. The zero-order valence-electron chi connectivity index (χ0n) is 21.7. The zero-order chi connectivity index (χ0) is 26.9. The molecule has 3 aliphatic heterocycles. The maximum absolute atomic E-state index is 14.0. The first-order valence-electron chi connectivity index (χ1n) is 13.6. The molecule has 7 nitrogen and oxygen atoms in total. The molecule has 0 spiro atoms. The zero-order valence-corrected chi connectivity index (χ0v) is 21.7. The van der Waals surface area contributed by atoms with Crippen molar-refractivity contribution in [2.24, 2.45) is 11.8 Å². The Hall–Kier alpha value is -4.02. The first kappa shape index (κ1) is 24.1. The fourth-order valence-electron chi connectivity index (χ4n) is 7.47. The van der Waals surface area contributed by atoms with E-state index >= 15 is 0 Å². The van der Waals surface area contributed by atoms with Crippen molar-refractivity contribution in [3.8, 4) is 11.8 Å². The predicted octanol–water partition coefficient (Wildman–Crippen LogP) is 5.13. The summed E-state index contributed by atoms with van der Waals surface area (Å²) in [5, 5.41) is 11.6. The van der Waals surface area contributed by atoms with Crippen LogP contribution in [-0.4, -0.2) is 35.4 Å². The third-order valence-electron chi connectivity index (χ3n) is 9.29. The molecule has 4 aliphatic rings. The molecule has 196 valence electrons. The molecule has 0 saturated carbocycles. The van der Waals surface area contributed by atoms with Crippen LogP contribution in [0, 0.1) is 23.2 Å². The lowest BCUT2D eigenvalue weighted by atomic mass is 9.67. The van der Waals surface area contributed by atoms with Crippen molar-refractivity contribution >= 4 is 34.1 Å². The highest BCUT2D eigenvalue weighted by atomic mass is 16.5. The maximum atomic E-state index is 14.0. The second kappa shape index (κ2) is 8.49. The normalized spacial score (nSPS) is 29.0. The smallest absolute Gasteiger partial charge is 0.240 e. The van der Waals surface area contributed by atoms with Crippen LogP contribution in [0.3, 0.4) is 0 Å².